The van der Waals surface area contributed by atoms with Crippen molar-refractivity contribution in [3.8, 4) is 0 Å². The molecule has 0 unspecified atom stereocenters. The molecule has 0 saturated heterocycles. The van der Waals surface area contributed by atoms with E-state index in [1.54, 1.807) is 6.92 Å². The van der Waals surface area contributed by atoms with Gasteiger partial charge in [0.25, 0.3) is 0 Å². The van der Waals surface area contributed by atoms with Gasteiger partial charge in [-0.05, 0) is 35.5 Å². The van der Waals surface area contributed by atoms with Gasteiger partial charge < -0.3 is 5.32 Å². The van der Waals surface area contributed by atoms with Crippen molar-refractivity contribution in [3.05, 3.63) is 0 Å². The van der Waals surface area contributed by atoms with Crippen LogP contribution in [0.15, 0.2) is 0 Å². The standard InChI is InChI=1S/C13H23NO/c1-9(15)14-10-8-12(4)6-7-13(10,5)11(12,2)3/h10H,6-8H2,1-5H3,(H,14,15)/t10-,12-,13+/m0/s1. The van der Waals surface area contributed by atoms with E-state index in [0.29, 0.717) is 16.9 Å². The molecule has 0 aromatic heterocycles. The maximum absolute atomic E-state index is 11.2. The quantitative estimate of drug-likeness (QED) is 0.707. The minimum absolute atomic E-state index is 0.119. The van der Waals surface area contributed by atoms with E-state index in [9.17, 15) is 4.79 Å². The van der Waals surface area contributed by atoms with Gasteiger partial charge in [-0.2, -0.15) is 0 Å². The summed E-state index contributed by atoms with van der Waals surface area (Å²) >= 11 is 0. The van der Waals surface area contributed by atoms with Crippen molar-refractivity contribution in [3.63, 3.8) is 0 Å². The molecule has 0 radical (unpaired) electrons. The van der Waals surface area contributed by atoms with Crippen molar-refractivity contribution in [2.24, 2.45) is 16.2 Å². The van der Waals surface area contributed by atoms with Crippen LogP contribution in [0.5, 0.6) is 0 Å². The topological polar surface area (TPSA) is 29.1 Å². The lowest BCUT2D eigenvalue weighted by Gasteiger charge is -2.40. The predicted molar refractivity (Wildman–Crippen MR) is 61.5 cm³/mol. The zero-order valence-electron chi connectivity index (χ0n) is 10.6. The van der Waals surface area contributed by atoms with Gasteiger partial charge in [-0.1, -0.05) is 27.7 Å². The first-order valence-corrected chi connectivity index (χ1v) is 6.00. The summed E-state index contributed by atoms with van der Waals surface area (Å²) in [6, 6.07) is 0.378. The Kier molecular flexibility index (Phi) is 2.03. The van der Waals surface area contributed by atoms with Crippen LogP contribution in [0.4, 0.5) is 0 Å². The highest BCUT2D eigenvalue weighted by Crippen LogP contribution is 2.71. The van der Waals surface area contributed by atoms with Crippen LogP contribution in [-0.4, -0.2) is 11.9 Å². The van der Waals surface area contributed by atoms with Gasteiger partial charge >= 0.3 is 0 Å². The number of carbonyl (C=O) groups is 1. The van der Waals surface area contributed by atoms with E-state index in [2.05, 4.69) is 33.0 Å². The number of carbonyl (C=O) groups excluding carboxylic acids is 1. The third-order valence-electron chi connectivity index (χ3n) is 5.93. The van der Waals surface area contributed by atoms with E-state index in [4.69, 9.17) is 0 Å². The first-order valence-electron chi connectivity index (χ1n) is 6.00. The summed E-state index contributed by atoms with van der Waals surface area (Å²) in [6.45, 7) is 11.1. The van der Waals surface area contributed by atoms with Crippen molar-refractivity contribution in [2.45, 2.75) is 59.9 Å². The largest absolute Gasteiger partial charge is 0.353 e. The fourth-order valence-corrected chi connectivity index (χ4v) is 3.95. The van der Waals surface area contributed by atoms with E-state index in [1.807, 2.05) is 0 Å². The first kappa shape index (κ1) is 11.0. The maximum Gasteiger partial charge on any atom is 0.217 e. The molecule has 2 saturated carbocycles. The van der Waals surface area contributed by atoms with Crippen LogP contribution in [0.1, 0.15) is 53.9 Å². The molecule has 1 amide bonds. The molecule has 0 aliphatic heterocycles. The third-order valence-corrected chi connectivity index (χ3v) is 5.93. The van der Waals surface area contributed by atoms with Crippen molar-refractivity contribution in [2.75, 3.05) is 0 Å². The molecule has 15 heavy (non-hydrogen) atoms. The Bertz CT molecular complexity index is 310. The summed E-state index contributed by atoms with van der Waals surface area (Å²) in [7, 11) is 0. The number of hydrogen-bond donors (Lipinski definition) is 1. The summed E-state index contributed by atoms with van der Waals surface area (Å²) in [5.74, 6) is 0.119. The van der Waals surface area contributed by atoms with E-state index in [0.717, 1.165) is 6.42 Å². The van der Waals surface area contributed by atoms with Gasteiger partial charge in [-0.15, -0.1) is 0 Å². The maximum atomic E-state index is 11.2. The van der Waals surface area contributed by atoms with Crippen molar-refractivity contribution >= 4 is 5.91 Å². The van der Waals surface area contributed by atoms with Crippen LogP contribution < -0.4 is 5.32 Å². The van der Waals surface area contributed by atoms with E-state index in [-0.39, 0.29) is 11.3 Å². The van der Waals surface area contributed by atoms with Crippen molar-refractivity contribution in [1.29, 1.82) is 0 Å². The molecule has 0 spiro atoms. The highest BCUT2D eigenvalue weighted by molar-refractivity contribution is 5.73. The molecule has 0 heterocycles. The fraction of sp³-hybridized carbons (Fsp3) is 0.923. The molecule has 3 atom stereocenters. The van der Waals surface area contributed by atoms with E-state index >= 15 is 0 Å². The lowest BCUT2D eigenvalue weighted by Crippen LogP contribution is -2.46. The fourth-order valence-electron chi connectivity index (χ4n) is 3.95. The molecule has 2 rings (SSSR count). The molecular weight excluding hydrogens is 186 g/mol. The third kappa shape index (κ3) is 1.14. The minimum atomic E-state index is 0.119. The Morgan fingerprint density at radius 2 is 1.80 bits per heavy atom. The Morgan fingerprint density at radius 3 is 2.13 bits per heavy atom. The Hall–Kier alpha value is -0.530. The van der Waals surface area contributed by atoms with Gasteiger partial charge in [0.2, 0.25) is 5.91 Å². The van der Waals surface area contributed by atoms with Gasteiger partial charge in [0.05, 0.1) is 0 Å². The average molecular weight is 209 g/mol. The molecule has 2 fully saturated rings. The predicted octanol–water partition coefficient (Wildman–Crippen LogP) is 2.73. The van der Waals surface area contributed by atoms with Gasteiger partial charge in [0.1, 0.15) is 0 Å². The summed E-state index contributed by atoms with van der Waals surface area (Å²) in [5.41, 5.74) is 1.04. The van der Waals surface area contributed by atoms with Crippen LogP contribution in [-0.2, 0) is 4.79 Å². The molecule has 2 aliphatic carbocycles. The van der Waals surface area contributed by atoms with Crippen LogP contribution >= 0.6 is 0 Å². The highest BCUT2D eigenvalue weighted by atomic mass is 16.1. The zero-order chi connectivity index (χ0) is 11.5. The van der Waals surface area contributed by atoms with Crippen LogP contribution in [0.25, 0.3) is 0 Å². The molecule has 1 N–H and O–H groups in total. The van der Waals surface area contributed by atoms with Gasteiger partial charge in [-0.3, -0.25) is 4.79 Å². The molecule has 2 nitrogen and oxygen atoms in total. The summed E-state index contributed by atoms with van der Waals surface area (Å²) < 4.78 is 0. The van der Waals surface area contributed by atoms with Crippen LogP contribution in [0.3, 0.4) is 0 Å². The molecule has 86 valence electrons. The molecule has 2 bridgehead atoms. The number of hydrogen-bond acceptors (Lipinski definition) is 1. The Balaban J connectivity index is 2.32. The Morgan fingerprint density at radius 1 is 1.20 bits per heavy atom. The van der Waals surface area contributed by atoms with Gasteiger partial charge in [-0.25, -0.2) is 0 Å². The number of nitrogens with one attached hydrogen (secondary N) is 1. The minimum Gasteiger partial charge on any atom is -0.353 e. The number of amides is 1. The molecule has 0 aromatic rings. The summed E-state index contributed by atoms with van der Waals surface area (Å²) in [5, 5.41) is 3.16. The van der Waals surface area contributed by atoms with Crippen LogP contribution in [0, 0.1) is 16.2 Å². The number of rotatable bonds is 1. The number of fused-ring (bicyclic) bond motifs is 2. The second-order valence-electron chi connectivity index (χ2n) is 6.56. The molecular formula is C13H23NO. The SMILES string of the molecule is CC(=O)N[C@H]1C[C@]2(C)CC[C@@]1(C)C2(C)C. The summed E-state index contributed by atoms with van der Waals surface area (Å²) in [4.78, 5) is 11.2. The smallest absolute Gasteiger partial charge is 0.217 e. The second kappa shape index (κ2) is 2.78. The molecule has 0 aromatic carbocycles. The van der Waals surface area contributed by atoms with E-state index in [1.165, 1.54) is 12.8 Å². The second-order valence-corrected chi connectivity index (χ2v) is 6.56. The molecule has 2 heteroatoms. The lowest BCUT2D eigenvalue weighted by atomic mass is 9.65. The summed E-state index contributed by atoms with van der Waals surface area (Å²) in [6.07, 6.45) is 3.71. The van der Waals surface area contributed by atoms with Crippen molar-refractivity contribution in [1.82, 2.24) is 5.32 Å². The molecule has 2 aliphatic rings. The van der Waals surface area contributed by atoms with Gasteiger partial charge in [0.15, 0.2) is 0 Å². The lowest BCUT2D eigenvalue weighted by molar-refractivity contribution is -0.120. The first-order chi connectivity index (χ1) is 6.73. The Labute approximate surface area is 92.8 Å². The zero-order valence-corrected chi connectivity index (χ0v) is 10.6. The average Bonchev–Trinajstić information content (AvgIpc) is 2.33. The van der Waals surface area contributed by atoms with Crippen molar-refractivity contribution < 1.29 is 4.79 Å². The monoisotopic (exact) mass is 209 g/mol. The van der Waals surface area contributed by atoms with Crippen LogP contribution in [0.2, 0.25) is 0 Å². The van der Waals surface area contributed by atoms with E-state index < -0.39 is 0 Å². The normalized spacial score (nSPS) is 46.9. The van der Waals surface area contributed by atoms with Gasteiger partial charge in [0, 0.05) is 13.0 Å². The highest BCUT2D eigenvalue weighted by Gasteiger charge is 2.67.